The van der Waals surface area contributed by atoms with Crippen molar-refractivity contribution in [3.8, 4) is 5.75 Å². The molecule has 5 nitrogen and oxygen atoms in total. The van der Waals surface area contributed by atoms with Crippen LogP contribution in [0.15, 0.2) is 24.3 Å². The lowest BCUT2D eigenvalue weighted by Gasteiger charge is -2.42. The molecule has 0 aromatic heterocycles. The predicted molar refractivity (Wildman–Crippen MR) is 90.8 cm³/mol. The van der Waals surface area contributed by atoms with Crippen LogP contribution in [0, 0.1) is 11.7 Å². The van der Waals surface area contributed by atoms with E-state index < -0.39 is 11.7 Å². The highest BCUT2D eigenvalue weighted by atomic mass is 19.1. The van der Waals surface area contributed by atoms with Crippen molar-refractivity contribution < 1.29 is 23.8 Å². The summed E-state index contributed by atoms with van der Waals surface area (Å²) in [5, 5.41) is 10.6. The van der Waals surface area contributed by atoms with E-state index in [9.17, 15) is 14.3 Å². The summed E-state index contributed by atoms with van der Waals surface area (Å²) in [7, 11) is 0. The first-order valence-corrected chi connectivity index (χ1v) is 8.94. The number of carbonyl (C=O) groups excluding carboxylic acids is 1. The van der Waals surface area contributed by atoms with E-state index in [-0.39, 0.29) is 11.7 Å². The number of aliphatic hydroxyl groups is 1. The third-order valence-corrected chi connectivity index (χ3v) is 5.20. The number of hydrogen-bond acceptors (Lipinski definition) is 4. The number of halogens is 1. The molecular formula is C19H26FNO4. The van der Waals surface area contributed by atoms with Gasteiger partial charge in [0.1, 0.15) is 23.3 Å². The zero-order valence-corrected chi connectivity index (χ0v) is 14.6. The molecule has 0 radical (unpaired) electrons. The number of likely N-dealkylation sites (tertiary alicyclic amines) is 1. The molecule has 0 bridgehead atoms. The first-order valence-electron chi connectivity index (χ1n) is 8.94. The Hall–Kier alpha value is -1.66. The predicted octanol–water partition coefficient (Wildman–Crippen LogP) is 2.37. The molecule has 6 heteroatoms. The smallest absolute Gasteiger partial charge is 0.222 e. The fourth-order valence-electron chi connectivity index (χ4n) is 3.43. The standard InChI is InChI=1S/C19H26FNO4/c1-19(23)7-8-21(18(22)11-14-5-9-24-10-6-14)13-17(19)25-16-4-2-3-15(20)12-16/h2-4,12,14,17,23H,5-11,13H2,1H3/t17-,19-/m1/s1. The van der Waals surface area contributed by atoms with Gasteiger partial charge in [-0.1, -0.05) is 6.07 Å². The van der Waals surface area contributed by atoms with Crippen molar-refractivity contribution in [3.63, 3.8) is 0 Å². The number of nitrogens with zero attached hydrogens (tertiary/aromatic N) is 1. The van der Waals surface area contributed by atoms with E-state index in [1.807, 2.05) is 0 Å². The maximum atomic E-state index is 13.4. The minimum Gasteiger partial charge on any atom is -0.485 e. The van der Waals surface area contributed by atoms with Crippen LogP contribution < -0.4 is 4.74 Å². The number of piperidine rings is 1. The van der Waals surface area contributed by atoms with Gasteiger partial charge in [-0.2, -0.15) is 0 Å². The largest absolute Gasteiger partial charge is 0.485 e. The topological polar surface area (TPSA) is 59.0 Å². The number of amides is 1. The third kappa shape index (κ3) is 4.70. The Kier molecular flexibility index (Phi) is 5.59. The second-order valence-corrected chi connectivity index (χ2v) is 7.27. The van der Waals surface area contributed by atoms with Crippen LogP contribution in [0.5, 0.6) is 5.75 Å². The molecule has 138 valence electrons. The lowest BCUT2D eigenvalue weighted by molar-refractivity contribution is -0.145. The Morgan fingerprint density at radius 2 is 2.20 bits per heavy atom. The van der Waals surface area contributed by atoms with E-state index in [4.69, 9.17) is 9.47 Å². The average Bonchev–Trinajstić information content (AvgIpc) is 2.57. The van der Waals surface area contributed by atoms with Gasteiger partial charge >= 0.3 is 0 Å². The van der Waals surface area contributed by atoms with Crippen molar-refractivity contribution in [2.75, 3.05) is 26.3 Å². The van der Waals surface area contributed by atoms with Crippen LogP contribution in [-0.2, 0) is 9.53 Å². The van der Waals surface area contributed by atoms with Crippen molar-refractivity contribution in [2.24, 2.45) is 5.92 Å². The maximum absolute atomic E-state index is 13.4. The SMILES string of the molecule is C[C@@]1(O)CCN(C(=O)CC2CCOCC2)C[C@H]1Oc1cccc(F)c1. The van der Waals surface area contributed by atoms with E-state index in [0.29, 0.717) is 37.6 Å². The molecule has 2 atom stereocenters. The van der Waals surface area contributed by atoms with E-state index in [1.54, 1.807) is 24.0 Å². The number of benzene rings is 1. The van der Waals surface area contributed by atoms with Gasteiger partial charge in [0, 0.05) is 32.2 Å². The minimum atomic E-state index is -1.05. The average molecular weight is 351 g/mol. The van der Waals surface area contributed by atoms with Crippen LogP contribution in [-0.4, -0.2) is 53.9 Å². The van der Waals surface area contributed by atoms with Gasteiger partial charge in [0.15, 0.2) is 0 Å². The lowest BCUT2D eigenvalue weighted by atomic mass is 9.89. The normalized spacial score (nSPS) is 28.0. The molecule has 1 aromatic rings. The summed E-state index contributed by atoms with van der Waals surface area (Å²) >= 11 is 0. The summed E-state index contributed by atoms with van der Waals surface area (Å²) in [5.41, 5.74) is -1.05. The zero-order chi connectivity index (χ0) is 17.9. The third-order valence-electron chi connectivity index (χ3n) is 5.20. The van der Waals surface area contributed by atoms with E-state index in [2.05, 4.69) is 0 Å². The van der Waals surface area contributed by atoms with Gasteiger partial charge in [0.2, 0.25) is 5.91 Å². The Morgan fingerprint density at radius 3 is 2.92 bits per heavy atom. The molecule has 0 saturated carbocycles. The van der Waals surface area contributed by atoms with Crippen LogP contribution >= 0.6 is 0 Å². The lowest BCUT2D eigenvalue weighted by Crippen LogP contribution is -2.57. The molecule has 2 aliphatic rings. The first-order chi connectivity index (χ1) is 11.9. The summed E-state index contributed by atoms with van der Waals surface area (Å²) in [6.45, 7) is 3.97. The van der Waals surface area contributed by atoms with Crippen molar-refractivity contribution in [2.45, 2.75) is 44.3 Å². The molecule has 0 spiro atoms. The van der Waals surface area contributed by atoms with Gasteiger partial charge in [0.05, 0.1) is 6.54 Å². The van der Waals surface area contributed by atoms with Gasteiger partial charge in [-0.15, -0.1) is 0 Å². The monoisotopic (exact) mass is 351 g/mol. The molecule has 2 aliphatic heterocycles. The first kappa shape index (κ1) is 18.1. The van der Waals surface area contributed by atoms with Crippen molar-refractivity contribution in [3.05, 3.63) is 30.1 Å². The second-order valence-electron chi connectivity index (χ2n) is 7.27. The van der Waals surface area contributed by atoms with Crippen LogP contribution in [0.2, 0.25) is 0 Å². The van der Waals surface area contributed by atoms with E-state index in [1.165, 1.54) is 12.1 Å². The van der Waals surface area contributed by atoms with Crippen LogP contribution in [0.25, 0.3) is 0 Å². The van der Waals surface area contributed by atoms with Crippen molar-refractivity contribution in [1.82, 2.24) is 4.90 Å². The van der Waals surface area contributed by atoms with Crippen LogP contribution in [0.1, 0.15) is 32.6 Å². The maximum Gasteiger partial charge on any atom is 0.222 e. The Morgan fingerprint density at radius 1 is 1.44 bits per heavy atom. The molecule has 25 heavy (non-hydrogen) atoms. The highest BCUT2D eigenvalue weighted by molar-refractivity contribution is 5.76. The molecule has 2 saturated heterocycles. The number of ether oxygens (including phenoxy) is 2. The van der Waals surface area contributed by atoms with Gasteiger partial charge in [-0.25, -0.2) is 4.39 Å². The Bertz CT molecular complexity index is 601. The second kappa shape index (κ2) is 7.70. The van der Waals surface area contributed by atoms with E-state index in [0.717, 1.165) is 26.1 Å². The molecule has 0 unspecified atom stereocenters. The molecule has 3 rings (SSSR count). The summed E-state index contributed by atoms with van der Waals surface area (Å²) in [6, 6.07) is 5.85. The minimum absolute atomic E-state index is 0.0928. The fourth-order valence-corrected chi connectivity index (χ4v) is 3.43. The Balaban J connectivity index is 1.62. The molecular weight excluding hydrogens is 325 g/mol. The van der Waals surface area contributed by atoms with E-state index >= 15 is 0 Å². The summed E-state index contributed by atoms with van der Waals surface area (Å²) in [4.78, 5) is 14.4. The quantitative estimate of drug-likeness (QED) is 0.905. The fraction of sp³-hybridized carbons (Fsp3) is 0.632. The van der Waals surface area contributed by atoms with Crippen LogP contribution in [0.4, 0.5) is 4.39 Å². The zero-order valence-electron chi connectivity index (χ0n) is 14.6. The van der Waals surface area contributed by atoms with Crippen LogP contribution in [0.3, 0.4) is 0 Å². The number of rotatable bonds is 4. The number of hydrogen-bond donors (Lipinski definition) is 1. The molecule has 1 aromatic carbocycles. The number of carbonyl (C=O) groups is 1. The van der Waals surface area contributed by atoms with Gasteiger partial charge in [-0.05, 0) is 44.2 Å². The summed E-state index contributed by atoms with van der Waals surface area (Å²) in [5.74, 6) is 0.436. The molecule has 1 N–H and O–H groups in total. The molecule has 1 amide bonds. The Labute approximate surface area is 147 Å². The molecule has 0 aliphatic carbocycles. The van der Waals surface area contributed by atoms with Gasteiger partial charge in [0.25, 0.3) is 0 Å². The van der Waals surface area contributed by atoms with Crippen molar-refractivity contribution in [1.29, 1.82) is 0 Å². The molecule has 2 fully saturated rings. The molecule has 2 heterocycles. The summed E-state index contributed by atoms with van der Waals surface area (Å²) in [6.07, 6.45) is 2.20. The summed E-state index contributed by atoms with van der Waals surface area (Å²) < 4.78 is 24.5. The van der Waals surface area contributed by atoms with Crippen molar-refractivity contribution >= 4 is 5.91 Å². The van der Waals surface area contributed by atoms with Gasteiger partial charge in [-0.3, -0.25) is 4.79 Å². The highest BCUT2D eigenvalue weighted by Gasteiger charge is 2.41. The van der Waals surface area contributed by atoms with Gasteiger partial charge < -0.3 is 19.5 Å². The highest BCUT2D eigenvalue weighted by Crippen LogP contribution is 2.28.